The second-order valence-corrected chi connectivity index (χ2v) is 5.68. The molecule has 1 amide bonds. The summed E-state index contributed by atoms with van der Waals surface area (Å²) in [5.41, 5.74) is 7.21. The lowest BCUT2D eigenvalue weighted by Gasteiger charge is -2.04. The van der Waals surface area contributed by atoms with Crippen LogP contribution in [0, 0.1) is 0 Å². The van der Waals surface area contributed by atoms with E-state index < -0.39 is 0 Å². The van der Waals surface area contributed by atoms with Gasteiger partial charge < -0.3 is 11.1 Å². The molecule has 4 nitrogen and oxygen atoms in total. The van der Waals surface area contributed by atoms with E-state index in [1.54, 1.807) is 23.5 Å². The highest BCUT2D eigenvalue weighted by molar-refractivity contribution is 7.11. The minimum atomic E-state index is -0.0548. The van der Waals surface area contributed by atoms with Gasteiger partial charge in [-0.2, -0.15) is 0 Å². The quantitative estimate of drug-likeness (QED) is 0.857. The Hall–Kier alpha value is -1.43. The first-order valence-corrected chi connectivity index (χ1v) is 7.55. The van der Waals surface area contributed by atoms with Crippen LogP contribution in [0.1, 0.15) is 32.7 Å². The molecular formula is C15H20ClN3OS. The van der Waals surface area contributed by atoms with Crippen molar-refractivity contribution in [3.63, 3.8) is 0 Å². The third-order valence-electron chi connectivity index (χ3n) is 3.03. The fourth-order valence-corrected chi connectivity index (χ4v) is 2.67. The molecule has 3 N–H and O–H groups in total. The average Bonchev–Trinajstić information content (AvgIpc) is 2.95. The van der Waals surface area contributed by atoms with Gasteiger partial charge in [-0.25, -0.2) is 4.98 Å². The predicted octanol–water partition coefficient (Wildman–Crippen LogP) is 2.56. The van der Waals surface area contributed by atoms with Gasteiger partial charge in [0.2, 0.25) is 0 Å². The Bertz CT molecular complexity index is 569. The second-order valence-electron chi connectivity index (χ2n) is 4.48. The fraction of sp³-hybridized carbons (Fsp3) is 0.333. The number of carbonyl (C=O) groups is 1. The van der Waals surface area contributed by atoms with Crippen LogP contribution in [0.25, 0.3) is 0 Å². The van der Waals surface area contributed by atoms with E-state index in [4.69, 9.17) is 5.73 Å². The van der Waals surface area contributed by atoms with Crippen LogP contribution in [0.4, 0.5) is 0 Å². The first kappa shape index (κ1) is 17.6. The maximum atomic E-state index is 11.9. The Kier molecular flexibility index (Phi) is 7.36. The van der Waals surface area contributed by atoms with Gasteiger partial charge in [0.25, 0.3) is 5.91 Å². The van der Waals surface area contributed by atoms with Gasteiger partial charge in [0.15, 0.2) is 0 Å². The third kappa shape index (κ3) is 5.12. The summed E-state index contributed by atoms with van der Waals surface area (Å²) in [5.74, 6) is -0.0548. The number of benzene rings is 1. The van der Waals surface area contributed by atoms with Crippen molar-refractivity contribution in [1.82, 2.24) is 10.3 Å². The van der Waals surface area contributed by atoms with Gasteiger partial charge in [-0.3, -0.25) is 4.79 Å². The normalized spacial score (nSPS) is 10.0. The van der Waals surface area contributed by atoms with Crippen LogP contribution < -0.4 is 11.1 Å². The number of nitrogens with two attached hydrogens (primary N) is 1. The zero-order valence-electron chi connectivity index (χ0n) is 12.0. The Morgan fingerprint density at radius 3 is 2.62 bits per heavy atom. The van der Waals surface area contributed by atoms with E-state index in [0.29, 0.717) is 18.7 Å². The maximum Gasteiger partial charge on any atom is 0.251 e. The molecule has 114 valence electrons. The molecule has 0 aliphatic rings. The molecule has 0 radical (unpaired) electrons. The Balaban J connectivity index is 0.00000220. The molecular weight excluding hydrogens is 306 g/mol. The molecule has 0 fully saturated rings. The number of amides is 1. The monoisotopic (exact) mass is 325 g/mol. The summed E-state index contributed by atoms with van der Waals surface area (Å²) in [4.78, 5) is 17.6. The number of aromatic nitrogens is 1. The molecule has 2 aromatic rings. The van der Waals surface area contributed by atoms with Gasteiger partial charge in [-0.15, -0.1) is 23.7 Å². The summed E-state index contributed by atoms with van der Waals surface area (Å²) in [7, 11) is 0. The van der Waals surface area contributed by atoms with Gasteiger partial charge in [0.1, 0.15) is 0 Å². The number of rotatable bonds is 6. The van der Waals surface area contributed by atoms with Crippen LogP contribution in [-0.4, -0.2) is 17.4 Å². The lowest BCUT2D eigenvalue weighted by Crippen LogP contribution is -2.25. The van der Waals surface area contributed by atoms with E-state index in [-0.39, 0.29) is 18.3 Å². The van der Waals surface area contributed by atoms with E-state index in [2.05, 4.69) is 17.2 Å². The number of aryl methyl sites for hydroxylation is 1. The molecule has 21 heavy (non-hydrogen) atoms. The molecule has 0 unspecified atom stereocenters. The molecule has 0 saturated carbocycles. The van der Waals surface area contributed by atoms with Crippen molar-refractivity contribution in [3.8, 4) is 0 Å². The number of thiazole rings is 1. The van der Waals surface area contributed by atoms with Gasteiger partial charge in [0.05, 0.1) is 5.01 Å². The van der Waals surface area contributed by atoms with Crippen molar-refractivity contribution in [2.45, 2.75) is 26.3 Å². The van der Waals surface area contributed by atoms with Gasteiger partial charge in [0, 0.05) is 36.1 Å². The fourth-order valence-electron chi connectivity index (χ4n) is 1.80. The molecule has 0 aliphatic heterocycles. The van der Waals surface area contributed by atoms with Crippen molar-refractivity contribution in [3.05, 3.63) is 51.5 Å². The topological polar surface area (TPSA) is 68.0 Å². The van der Waals surface area contributed by atoms with Crippen LogP contribution in [0.3, 0.4) is 0 Å². The van der Waals surface area contributed by atoms with Crippen molar-refractivity contribution >= 4 is 29.7 Å². The van der Waals surface area contributed by atoms with Crippen molar-refractivity contribution < 1.29 is 4.79 Å². The van der Waals surface area contributed by atoms with E-state index in [9.17, 15) is 4.79 Å². The number of nitrogens with one attached hydrogen (secondary N) is 1. The summed E-state index contributed by atoms with van der Waals surface area (Å²) in [6.45, 7) is 3.21. The van der Waals surface area contributed by atoms with E-state index in [0.717, 1.165) is 23.4 Å². The molecule has 0 atom stereocenters. The predicted molar refractivity (Wildman–Crippen MR) is 89.1 cm³/mol. The Morgan fingerprint density at radius 2 is 2.05 bits per heavy atom. The first-order valence-electron chi connectivity index (χ1n) is 6.73. The van der Waals surface area contributed by atoms with Crippen molar-refractivity contribution in [1.29, 1.82) is 0 Å². The lowest BCUT2D eigenvalue weighted by atomic mass is 10.1. The van der Waals surface area contributed by atoms with E-state index in [1.165, 1.54) is 4.88 Å². The molecule has 1 aromatic heterocycles. The highest BCUT2D eigenvalue weighted by Crippen LogP contribution is 2.13. The average molecular weight is 326 g/mol. The van der Waals surface area contributed by atoms with Crippen LogP contribution in [0.2, 0.25) is 0 Å². The highest BCUT2D eigenvalue weighted by Gasteiger charge is 2.06. The molecule has 6 heteroatoms. The lowest BCUT2D eigenvalue weighted by molar-refractivity contribution is 0.0954. The summed E-state index contributed by atoms with van der Waals surface area (Å²) in [6.07, 6.45) is 3.70. The number of hydrogen-bond donors (Lipinski definition) is 2. The summed E-state index contributed by atoms with van der Waals surface area (Å²) >= 11 is 1.71. The minimum absolute atomic E-state index is 0. The Labute approximate surface area is 135 Å². The standard InChI is InChI=1S/C15H19N3OS.ClH/c1-2-13-10-18-14(20-13)7-8-17-15(19)12-5-3-11(9-16)4-6-12;/h3-6,10H,2,7-9,16H2,1H3,(H,17,19);1H. The molecule has 2 rings (SSSR count). The number of hydrogen-bond acceptors (Lipinski definition) is 4. The van der Waals surface area contributed by atoms with Crippen LogP contribution in [-0.2, 0) is 19.4 Å². The number of nitrogens with zero attached hydrogens (tertiary/aromatic N) is 1. The molecule has 0 aliphatic carbocycles. The SMILES string of the molecule is CCc1cnc(CCNC(=O)c2ccc(CN)cc2)s1.Cl. The molecule has 0 bridgehead atoms. The largest absolute Gasteiger partial charge is 0.352 e. The summed E-state index contributed by atoms with van der Waals surface area (Å²) < 4.78 is 0. The summed E-state index contributed by atoms with van der Waals surface area (Å²) in [5, 5.41) is 3.98. The van der Waals surface area contributed by atoms with Crippen LogP contribution in [0.15, 0.2) is 30.5 Å². The molecule has 0 spiro atoms. The third-order valence-corrected chi connectivity index (χ3v) is 4.23. The highest BCUT2D eigenvalue weighted by atomic mass is 35.5. The van der Waals surface area contributed by atoms with E-state index in [1.807, 2.05) is 18.3 Å². The van der Waals surface area contributed by atoms with E-state index >= 15 is 0 Å². The van der Waals surface area contributed by atoms with Crippen LogP contribution in [0.5, 0.6) is 0 Å². The van der Waals surface area contributed by atoms with Crippen LogP contribution >= 0.6 is 23.7 Å². The number of carbonyl (C=O) groups excluding carboxylic acids is 1. The van der Waals surface area contributed by atoms with Crippen molar-refractivity contribution in [2.24, 2.45) is 5.73 Å². The zero-order valence-corrected chi connectivity index (χ0v) is 13.6. The minimum Gasteiger partial charge on any atom is -0.352 e. The zero-order chi connectivity index (χ0) is 14.4. The Morgan fingerprint density at radius 1 is 1.33 bits per heavy atom. The summed E-state index contributed by atoms with van der Waals surface area (Å²) in [6, 6.07) is 7.36. The second kappa shape index (κ2) is 8.77. The van der Waals surface area contributed by atoms with Gasteiger partial charge >= 0.3 is 0 Å². The molecule has 1 aromatic carbocycles. The number of halogens is 1. The van der Waals surface area contributed by atoms with Crippen molar-refractivity contribution in [2.75, 3.05) is 6.54 Å². The smallest absolute Gasteiger partial charge is 0.251 e. The van der Waals surface area contributed by atoms with Gasteiger partial charge in [-0.1, -0.05) is 19.1 Å². The van der Waals surface area contributed by atoms with Gasteiger partial charge in [-0.05, 0) is 24.1 Å². The first-order chi connectivity index (χ1) is 9.72. The molecule has 0 saturated heterocycles. The maximum absolute atomic E-state index is 11.9. The molecule has 1 heterocycles.